The maximum absolute atomic E-state index is 13.5. The first-order valence-electron chi connectivity index (χ1n) is 10.1. The first-order valence-corrected chi connectivity index (χ1v) is 10.1. The Bertz CT molecular complexity index is 1230. The summed E-state index contributed by atoms with van der Waals surface area (Å²) in [6.45, 7) is 6.62. The molecule has 2 aromatic rings. The number of anilines is 1. The van der Waals surface area contributed by atoms with Gasteiger partial charge in [-0.15, -0.1) is 6.58 Å². The van der Waals surface area contributed by atoms with Gasteiger partial charge in [0.25, 0.3) is 5.91 Å². The van der Waals surface area contributed by atoms with Crippen molar-refractivity contribution in [1.82, 2.24) is 4.57 Å². The van der Waals surface area contributed by atoms with Gasteiger partial charge < -0.3 is 9.88 Å². The Kier molecular flexibility index (Phi) is 6.07. The number of carbonyl (C=O) groups excluding carboxylic acids is 3. The SMILES string of the molecule is C=CC1(CC(=O)C(=O)c2c(C)c(C(=O)Nc3ccc(F)c(C#N)c3)n(C)c2C)CC(F)(F)C1. The molecule has 1 amide bonds. The van der Waals surface area contributed by atoms with Crippen molar-refractivity contribution in [2.24, 2.45) is 12.5 Å². The molecule has 1 N–H and O–H groups in total. The second-order valence-corrected chi connectivity index (χ2v) is 8.46. The van der Waals surface area contributed by atoms with Gasteiger partial charge in [0.15, 0.2) is 0 Å². The average Bonchev–Trinajstić information content (AvgIpc) is 2.95. The second kappa shape index (κ2) is 8.35. The minimum absolute atomic E-state index is 0.0368. The predicted octanol–water partition coefficient (Wildman–Crippen LogP) is 4.65. The van der Waals surface area contributed by atoms with Crippen LogP contribution in [0.4, 0.5) is 18.9 Å². The van der Waals surface area contributed by atoms with Crippen molar-refractivity contribution in [3.8, 4) is 6.07 Å². The molecule has 3 rings (SSSR count). The molecule has 1 heterocycles. The summed E-state index contributed by atoms with van der Waals surface area (Å²) in [5, 5.41) is 11.5. The van der Waals surface area contributed by atoms with Crippen LogP contribution in [-0.4, -0.2) is 28.0 Å². The zero-order chi connectivity index (χ0) is 24.7. The third-order valence-corrected chi connectivity index (χ3v) is 6.14. The van der Waals surface area contributed by atoms with E-state index in [-0.39, 0.29) is 34.5 Å². The Hall–Kier alpha value is -3.67. The fourth-order valence-electron chi connectivity index (χ4n) is 4.37. The number of halogens is 3. The first-order chi connectivity index (χ1) is 15.3. The maximum atomic E-state index is 13.5. The monoisotopic (exact) mass is 457 g/mol. The molecule has 9 heteroatoms. The van der Waals surface area contributed by atoms with E-state index in [1.807, 2.05) is 0 Å². The van der Waals surface area contributed by atoms with Gasteiger partial charge >= 0.3 is 0 Å². The third kappa shape index (κ3) is 4.33. The van der Waals surface area contributed by atoms with Crippen LogP contribution < -0.4 is 5.32 Å². The lowest BCUT2D eigenvalue weighted by atomic mass is 9.63. The number of aromatic nitrogens is 1. The lowest BCUT2D eigenvalue weighted by Crippen LogP contribution is -2.46. The van der Waals surface area contributed by atoms with E-state index < -0.39 is 47.5 Å². The number of hydrogen-bond acceptors (Lipinski definition) is 4. The molecule has 1 fully saturated rings. The van der Waals surface area contributed by atoms with Crippen molar-refractivity contribution in [2.45, 2.75) is 39.0 Å². The van der Waals surface area contributed by atoms with Crippen LogP contribution in [0.15, 0.2) is 30.9 Å². The van der Waals surface area contributed by atoms with Gasteiger partial charge in [-0.2, -0.15) is 5.26 Å². The van der Waals surface area contributed by atoms with E-state index in [9.17, 15) is 27.6 Å². The number of benzene rings is 1. The average molecular weight is 457 g/mol. The molecule has 6 nitrogen and oxygen atoms in total. The van der Waals surface area contributed by atoms with Gasteiger partial charge in [0, 0.05) is 43.1 Å². The fraction of sp³-hybridized carbons (Fsp3) is 0.333. The summed E-state index contributed by atoms with van der Waals surface area (Å²) in [4.78, 5) is 38.5. The van der Waals surface area contributed by atoms with Crippen LogP contribution in [0.1, 0.15) is 56.9 Å². The van der Waals surface area contributed by atoms with Gasteiger partial charge in [-0.1, -0.05) is 6.08 Å². The lowest BCUT2D eigenvalue weighted by Gasteiger charge is -2.44. The molecule has 0 atom stereocenters. The van der Waals surface area contributed by atoms with E-state index in [1.54, 1.807) is 20.0 Å². The number of nitriles is 1. The molecule has 0 aliphatic heterocycles. The number of amides is 1. The summed E-state index contributed by atoms with van der Waals surface area (Å²) < 4.78 is 41.8. The molecule has 1 aromatic carbocycles. The summed E-state index contributed by atoms with van der Waals surface area (Å²) >= 11 is 0. The molecule has 1 saturated carbocycles. The maximum Gasteiger partial charge on any atom is 0.272 e. The molecular weight excluding hydrogens is 435 g/mol. The summed E-state index contributed by atoms with van der Waals surface area (Å²) in [7, 11) is 1.54. The highest BCUT2D eigenvalue weighted by atomic mass is 19.3. The second-order valence-electron chi connectivity index (χ2n) is 8.46. The van der Waals surface area contributed by atoms with Crippen LogP contribution in [0.3, 0.4) is 0 Å². The molecule has 1 aromatic heterocycles. The number of ketones is 2. The Morgan fingerprint density at radius 1 is 1.27 bits per heavy atom. The van der Waals surface area contributed by atoms with Gasteiger partial charge in [0.2, 0.25) is 17.5 Å². The standard InChI is InChI=1S/C24H22F3N3O3/c1-5-23(11-24(26,27)12-23)9-18(31)21(32)19-13(2)20(30(4)14(19)3)22(33)29-16-6-7-17(25)15(8-16)10-28/h5-8H,1,9,11-12H2,2-4H3,(H,29,33). The Balaban J connectivity index is 1.86. The number of nitrogens with zero attached hydrogens (tertiary/aromatic N) is 2. The number of Topliss-reactive ketones (excluding diaryl/α,β-unsaturated/α-hetero) is 2. The molecule has 0 spiro atoms. The normalized spacial score (nSPS) is 15.8. The van der Waals surface area contributed by atoms with Gasteiger partial charge in [-0.25, -0.2) is 13.2 Å². The molecule has 0 unspecified atom stereocenters. The minimum atomic E-state index is -2.88. The highest BCUT2D eigenvalue weighted by Crippen LogP contribution is 2.55. The van der Waals surface area contributed by atoms with Crippen LogP contribution in [0, 0.1) is 36.4 Å². The minimum Gasteiger partial charge on any atom is -0.343 e. The van der Waals surface area contributed by atoms with Gasteiger partial charge in [0.05, 0.1) is 11.1 Å². The fourth-order valence-corrected chi connectivity index (χ4v) is 4.37. The largest absolute Gasteiger partial charge is 0.343 e. The third-order valence-electron chi connectivity index (χ3n) is 6.14. The molecule has 0 radical (unpaired) electrons. The first kappa shape index (κ1) is 24.0. The molecule has 1 aliphatic rings. The van der Waals surface area contributed by atoms with Crippen LogP contribution in [0.2, 0.25) is 0 Å². The number of rotatable bonds is 7. The molecular formula is C24H22F3N3O3. The molecule has 0 bridgehead atoms. The van der Waals surface area contributed by atoms with Crippen LogP contribution >= 0.6 is 0 Å². The summed E-state index contributed by atoms with van der Waals surface area (Å²) in [5.41, 5.74) is -0.436. The number of carbonyl (C=O) groups is 3. The van der Waals surface area contributed by atoms with Crippen LogP contribution in [0.5, 0.6) is 0 Å². The lowest BCUT2D eigenvalue weighted by molar-refractivity contribution is -0.149. The summed E-state index contributed by atoms with van der Waals surface area (Å²) in [5.74, 6) is -5.92. The van der Waals surface area contributed by atoms with Crippen LogP contribution in [0.25, 0.3) is 0 Å². The number of allylic oxidation sites excluding steroid dienone is 1. The van der Waals surface area contributed by atoms with Crippen molar-refractivity contribution in [2.75, 3.05) is 5.32 Å². The summed E-state index contributed by atoms with van der Waals surface area (Å²) in [6.07, 6.45) is -0.152. The summed E-state index contributed by atoms with van der Waals surface area (Å²) in [6, 6.07) is 5.20. The van der Waals surface area contributed by atoms with E-state index >= 15 is 0 Å². The van der Waals surface area contributed by atoms with E-state index in [0.29, 0.717) is 5.69 Å². The molecule has 33 heavy (non-hydrogen) atoms. The molecule has 0 saturated heterocycles. The van der Waals surface area contributed by atoms with Crippen molar-refractivity contribution >= 4 is 23.2 Å². The zero-order valence-electron chi connectivity index (χ0n) is 18.4. The van der Waals surface area contributed by atoms with E-state index in [2.05, 4.69) is 11.9 Å². The highest BCUT2D eigenvalue weighted by Gasteiger charge is 2.55. The van der Waals surface area contributed by atoms with Gasteiger partial charge in [-0.3, -0.25) is 14.4 Å². The molecule has 1 aliphatic carbocycles. The van der Waals surface area contributed by atoms with Gasteiger partial charge in [0.1, 0.15) is 17.6 Å². The molecule has 172 valence electrons. The Morgan fingerprint density at radius 3 is 2.45 bits per heavy atom. The zero-order valence-corrected chi connectivity index (χ0v) is 18.4. The smallest absolute Gasteiger partial charge is 0.272 e. The Morgan fingerprint density at radius 2 is 1.91 bits per heavy atom. The van der Waals surface area contributed by atoms with E-state index in [4.69, 9.17) is 5.26 Å². The Labute approximate surface area is 188 Å². The highest BCUT2D eigenvalue weighted by molar-refractivity contribution is 6.44. The predicted molar refractivity (Wildman–Crippen MR) is 115 cm³/mol. The van der Waals surface area contributed by atoms with Crippen molar-refractivity contribution < 1.29 is 27.6 Å². The number of alkyl halides is 2. The number of hydrogen-bond donors (Lipinski definition) is 1. The van der Waals surface area contributed by atoms with E-state index in [0.717, 1.165) is 6.07 Å². The number of nitrogens with one attached hydrogen (secondary N) is 1. The van der Waals surface area contributed by atoms with Crippen LogP contribution in [-0.2, 0) is 11.8 Å². The van der Waals surface area contributed by atoms with Crippen molar-refractivity contribution in [3.63, 3.8) is 0 Å². The van der Waals surface area contributed by atoms with Crippen molar-refractivity contribution in [3.05, 3.63) is 64.7 Å². The van der Waals surface area contributed by atoms with E-state index in [1.165, 1.54) is 29.7 Å². The van der Waals surface area contributed by atoms with Crippen molar-refractivity contribution in [1.29, 1.82) is 5.26 Å². The topological polar surface area (TPSA) is 92.0 Å². The quantitative estimate of drug-likeness (QED) is 0.372. The van der Waals surface area contributed by atoms with Gasteiger partial charge in [-0.05, 0) is 37.6 Å².